The van der Waals surface area contributed by atoms with E-state index in [-0.39, 0.29) is 6.54 Å². The van der Waals surface area contributed by atoms with Gasteiger partial charge in [-0.2, -0.15) is 13.2 Å². The fourth-order valence-corrected chi connectivity index (χ4v) is 1.81. The number of nitrogens with zero attached hydrogens (tertiary/aromatic N) is 2. The van der Waals surface area contributed by atoms with Gasteiger partial charge in [-0.25, -0.2) is 0 Å². The molecule has 2 aromatic heterocycles. The van der Waals surface area contributed by atoms with Crippen LogP contribution < -0.4 is 10.9 Å². The Kier molecular flexibility index (Phi) is 3.78. The summed E-state index contributed by atoms with van der Waals surface area (Å²) in [6.07, 6.45) is -3.11. The van der Waals surface area contributed by atoms with Crippen LogP contribution in [0.4, 0.5) is 18.9 Å². The molecule has 2 heterocycles. The molecule has 4 nitrogen and oxygen atoms in total. The number of rotatable bonds is 3. The first-order valence-corrected chi connectivity index (χ1v) is 5.81. The number of halogens is 3. The van der Waals surface area contributed by atoms with Crippen LogP contribution in [0.3, 0.4) is 0 Å². The molecule has 1 N–H and O–H groups in total. The number of hydrogen-bond acceptors (Lipinski definition) is 3. The fraction of sp³-hybridized carbons (Fsp3) is 0.231. The summed E-state index contributed by atoms with van der Waals surface area (Å²) in [5.74, 6) is 0. The smallest absolute Gasteiger partial charge is 0.388 e. The summed E-state index contributed by atoms with van der Waals surface area (Å²) in [4.78, 5) is 15.6. The molecule has 7 heteroatoms. The van der Waals surface area contributed by atoms with Crippen molar-refractivity contribution in [2.75, 3.05) is 12.4 Å². The van der Waals surface area contributed by atoms with Crippen molar-refractivity contribution in [3.05, 3.63) is 58.3 Å². The van der Waals surface area contributed by atoms with E-state index in [2.05, 4.69) is 10.3 Å². The minimum atomic E-state index is -4.58. The molecule has 0 radical (unpaired) electrons. The zero-order chi connectivity index (χ0) is 14.8. The van der Waals surface area contributed by atoms with Crippen molar-refractivity contribution in [2.24, 2.45) is 0 Å². The number of aromatic nitrogens is 2. The van der Waals surface area contributed by atoms with Crippen LogP contribution in [-0.4, -0.2) is 16.6 Å². The molecule has 2 rings (SSSR count). The second kappa shape index (κ2) is 5.36. The molecule has 0 spiro atoms. The van der Waals surface area contributed by atoms with E-state index < -0.39 is 17.4 Å². The van der Waals surface area contributed by atoms with Crippen LogP contribution in [0.1, 0.15) is 11.4 Å². The van der Waals surface area contributed by atoms with Gasteiger partial charge in [0.15, 0.2) is 0 Å². The monoisotopic (exact) mass is 283 g/mol. The summed E-state index contributed by atoms with van der Waals surface area (Å²) in [7, 11) is 1.69. The van der Waals surface area contributed by atoms with Gasteiger partial charge in [0.1, 0.15) is 5.69 Å². The first-order chi connectivity index (χ1) is 9.41. The molecule has 0 aliphatic heterocycles. The van der Waals surface area contributed by atoms with Crippen molar-refractivity contribution >= 4 is 5.69 Å². The lowest BCUT2D eigenvalue weighted by atomic mass is 10.2. The van der Waals surface area contributed by atoms with E-state index in [9.17, 15) is 18.0 Å². The van der Waals surface area contributed by atoms with Gasteiger partial charge in [-0.3, -0.25) is 14.3 Å². The van der Waals surface area contributed by atoms with Crippen molar-refractivity contribution in [1.29, 1.82) is 0 Å². The maximum atomic E-state index is 12.9. The Hall–Kier alpha value is -2.31. The summed E-state index contributed by atoms with van der Waals surface area (Å²) in [6, 6.07) is 6.35. The Bertz CT molecular complexity index is 664. The highest BCUT2D eigenvalue weighted by Gasteiger charge is 2.34. The Labute approximate surface area is 112 Å². The van der Waals surface area contributed by atoms with Crippen LogP contribution in [0, 0.1) is 0 Å². The Morgan fingerprint density at radius 1 is 1.30 bits per heavy atom. The van der Waals surface area contributed by atoms with E-state index in [1.54, 1.807) is 19.2 Å². The zero-order valence-corrected chi connectivity index (χ0v) is 10.6. The molecule has 0 atom stereocenters. The predicted molar refractivity (Wildman–Crippen MR) is 68.6 cm³/mol. The van der Waals surface area contributed by atoms with Crippen LogP contribution in [0.15, 0.2) is 41.3 Å². The van der Waals surface area contributed by atoms with Gasteiger partial charge >= 0.3 is 6.18 Å². The molecule has 0 aliphatic carbocycles. The van der Waals surface area contributed by atoms with E-state index in [4.69, 9.17) is 0 Å². The summed E-state index contributed by atoms with van der Waals surface area (Å²) in [6.45, 7) is -0.232. The fourth-order valence-electron chi connectivity index (χ4n) is 1.81. The molecule has 2 aromatic rings. The van der Waals surface area contributed by atoms with E-state index in [0.717, 1.165) is 18.2 Å². The van der Waals surface area contributed by atoms with Gasteiger partial charge in [-0.1, -0.05) is 6.07 Å². The van der Waals surface area contributed by atoms with E-state index >= 15 is 0 Å². The quantitative estimate of drug-likeness (QED) is 0.940. The third-order valence-corrected chi connectivity index (χ3v) is 2.77. The first kappa shape index (κ1) is 14.1. The lowest BCUT2D eigenvalue weighted by molar-refractivity contribution is -0.144. The number of nitrogens with one attached hydrogen (secondary N) is 1. The third-order valence-electron chi connectivity index (χ3n) is 2.77. The molecule has 0 saturated heterocycles. The van der Waals surface area contributed by atoms with Crippen molar-refractivity contribution in [3.63, 3.8) is 0 Å². The maximum absolute atomic E-state index is 12.9. The van der Waals surface area contributed by atoms with Crippen molar-refractivity contribution in [1.82, 2.24) is 9.55 Å². The molecule has 0 unspecified atom stereocenters. The second-order valence-corrected chi connectivity index (χ2v) is 4.12. The van der Waals surface area contributed by atoms with Gasteiger partial charge in [0.2, 0.25) is 0 Å². The first-order valence-electron chi connectivity index (χ1n) is 5.81. The number of anilines is 1. The zero-order valence-electron chi connectivity index (χ0n) is 10.6. The highest BCUT2D eigenvalue weighted by atomic mass is 19.4. The highest BCUT2D eigenvalue weighted by Crippen LogP contribution is 2.28. The predicted octanol–water partition coefficient (Wildman–Crippen LogP) is 2.35. The molecule has 0 bridgehead atoms. The van der Waals surface area contributed by atoms with Crippen LogP contribution in [0.5, 0.6) is 0 Å². The van der Waals surface area contributed by atoms with E-state index in [1.807, 2.05) is 0 Å². The van der Waals surface area contributed by atoms with Gasteiger partial charge in [0.05, 0.1) is 12.2 Å². The van der Waals surface area contributed by atoms with Crippen LogP contribution in [0.25, 0.3) is 0 Å². The van der Waals surface area contributed by atoms with Gasteiger partial charge in [-0.05, 0) is 18.2 Å². The Balaban J connectivity index is 2.45. The minimum absolute atomic E-state index is 0.232. The number of pyridine rings is 2. The summed E-state index contributed by atoms with van der Waals surface area (Å²) in [5, 5.41) is 2.86. The molecule has 0 fully saturated rings. The normalized spacial score (nSPS) is 11.4. The summed E-state index contributed by atoms with van der Waals surface area (Å²) in [5.41, 5.74) is -0.610. The van der Waals surface area contributed by atoms with Crippen LogP contribution in [-0.2, 0) is 12.7 Å². The topological polar surface area (TPSA) is 46.9 Å². The van der Waals surface area contributed by atoms with Crippen molar-refractivity contribution in [2.45, 2.75) is 12.7 Å². The molecule has 0 amide bonds. The average Bonchev–Trinajstić information content (AvgIpc) is 2.40. The highest BCUT2D eigenvalue weighted by molar-refractivity contribution is 5.42. The minimum Gasteiger partial charge on any atom is -0.388 e. The van der Waals surface area contributed by atoms with Gasteiger partial charge < -0.3 is 5.32 Å². The molecular formula is C13H12F3N3O. The summed E-state index contributed by atoms with van der Waals surface area (Å²) < 4.78 is 39.3. The van der Waals surface area contributed by atoms with Crippen LogP contribution >= 0.6 is 0 Å². The Morgan fingerprint density at radius 2 is 2.05 bits per heavy atom. The largest absolute Gasteiger partial charge is 0.431 e. The van der Waals surface area contributed by atoms with E-state index in [0.29, 0.717) is 15.9 Å². The summed E-state index contributed by atoms with van der Waals surface area (Å²) >= 11 is 0. The van der Waals surface area contributed by atoms with Gasteiger partial charge in [0.25, 0.3) is 5.56 Å². The average molecular weight is 283 g/mol. The molecule has 20 heavy (non-hydrogen) atoms. The maximum Gasteiger partial charge on any atom is 0.431 e. The molecular weight excluding hydrogens is 271 g/mol. The SMILES string of the molecule is CNc1ccnc(Cn2c(C(F)(F)F)cccc2=O)c1. The lowest BCUT2D eigenvalue weighted by Crippen LogP contribution is -2.27. The second-order valence-electron chi connectivity index (χ2n) is 4.12. The Morgan fingerprint density at radius 3 is 2.70 bits per heavy atom. The molecule has 0 aromatic carbocycles. The molecule has 106 valence electrons. The van der Waals surface area contributed by atoms with Crippen molar-refractivity contribution < 1.29 is 13.2 Å². The number of hydrogen-bond donors (Lipinski definition) is 1. The third kappa shape index (κ3) is 2.98. The molecule has 0 saturated carbocycles. The van der Waals surface area contributed by atoms with Crippen molar-refractivity contribution in [3.8, 4) is 0 Å². The van der Waals surface area contributed by atoms with E-state index in [1.165, 1.54) is 6.20 Å². The van der Waals surface area contributed by atoms with Crippen LogP contribution in [0.2, 0.25) is 0 Å². The number of alkyl halides is 3. The van der Waals surface area contributed by atoms with Gasteiger partial charge in [-0.15, -0.1) is 0 Å². The molecule has 0 aliphatic rings. The van der Waals surface area contributed by atoms with Gasteiger partial charge in [0, 0.05) is 25.0 Å². The standard InChI is InChI=1S/C13H12F3N3O/c1-17-9-5-6-18-10(7-9)8-19-11(13(14,15)16)3-2-4-12(19)20/h2-7H,8H2,1H3,(H,17,18). The lowest BCUT2D eigenvalue weighted by Gasteiger charge is -2.14.